The van der Waals surface area contributed by atoms with Crippen LogP contribution in [0.2, 0.25) is 0 Å². The molecule has 0 spiro atoms. The molecule has 0 saturated carbocycles. The molecule has 1 aromatic rings. The van der Waals surface area contributed by atoms with Gasteiger partial charge in [0.25, 0.3) is 0 Å². The van der Waals surface area contributed by atoms with Gasteiger partial charge in [0.2, 0.25) is 5.91 Å². The Labute approximate surface area is 132 Å². The molecule has 4 nitrogen and oxygen atoms in total. The van der Waals surface area contributed by atoms with Gasteiger partial charge in [0, 0.05) is 6.54 Å². The molecule has 0 unspecified atom stereocenters. The maximum absolute atomic E-state index is 11.2. The van der Waals surface area contributed by atoms with Gasteiger partial charge in [-0.25, -0.2) is 4.79 Å². The first-order valence-corrected chi connectivity index (χ1v) is 4.38. The molecule has 1 aliphatic rings. The number of rotatable bonds is 2. The summed E-state index contributed by atoms with van der Waals surface area (Å²) in [6.45, 7) is 0.645. The number of carbonyl (C=O) groups is 2. The van der Waals surface area contributed by atoms with Crippen molar-refractivity contribution in [1.82, 2.24) is 10.2 Å². The minimum Gasteiger partial charge on any atom is -1.00 e. The fourth-order valence-corrected chi connectivity index (χ4v) is 1.41. The van der Waals surface area contributed by atoms with Crippen molar-refractivity contribution < 1.29 is 62.4 Å². The van der Waals surface area contributed by atoms with Gasteiger partial charge in [-0.1, -0.05) is 30.3 Å². The predicted octanol–water partition coefficient (Wildman–Crippen LogP) is -2.15. The van der Waals surface area contributed by atoms with Crippen molar-refractivity contribution in [2.24, 2.45) is 0 Å². The summed E-state index contributed by atoms with van der Waals surface area (Å²) in [5.74, 6) is -0.231. The average molecular weight is 230 g/mol. The first-order valence-electron chi connectivity index (χ1n) is 4.38. The monoisotopic (exact) mass is 230 g/mol. The van der Waals surface area contributed by atoms with Crippen LogP contribution in [0.5, 0.6) is 0 Å². The van der Waals surface area contributed by atoms with Crippen molar-refractivity contribution in [1.29, 1.82) is 0 Å². The average Bonchev–Trinajstić information content (AvgIpc) is 2.47. The zero-order chi connectivity index (χ0) is 9.97. The molecule has 1 fully saturated rings. The zero-order valence-corrected chi connectivity index (χ0v) is 11.7. The quantitative estimate of drug-likeness (QED) is 0.465. The molecule has 0 aromatic heterocycles. The van der Waals surface area contributed by atoms with Gasteiger partial charge in [0.05, 0.1) is 0 Å². The van der Waals surface area contributed by atoms with Gasteiger partial charge in [-0.3, -0.25) is 10.1 Å². The van der Waals surface area contributed by atoms with E-state index in [0.717, 1.165) is 5.56 Å². The predicted molar refractivity (Wildman–Crippen MR) is 51.5 cm³/mol. The van der Waals surface area contributed by atoms with E-state index in [-0.39, 0.29) is 71.3 Å². The fourth-order valence-electron chi connectivity index (χ4n) is 1.41. The Balaban J connectivity index is 0.00000112. The van der Waals surface area contributed by atoms with E-state index in [0.29, 0.717) is 6.54 Å². The van der Waals surface area contributed by atoms with Crippen molar-refractivity contribution >= 4 is 11.9 Å². The van der Waals surface area contributed by atoms with Crippen LogP contribution < -0.4 is 56.7 Å². The number of amides is 3. The summed E-state index contributed by atoms with van der Waals surface area (Å²) in [4.78, 5) is 23.5. The van der Waals surface area contributed by atoms with Crippen molar-refractivity contribution in [2.45, 2.75) is 6.54 Å². The van der Waals surface area contributed by atoms with Gasteiger partial charge in [-0.15, -0.1) is 0 Å². The van der Waals surface area contributed by atoms with E-state index in [1.165, 1.54) is 4.90 Å². The Bertz CT molecular complexity index is 372. The van der Waals surface area contributed by atoms with Crippen molar-refractivity contribution in [3.63, 3.8) is 0 Å². The van der Waals surface area contributed by atoms with Gasteiger partial charge in [-0.2, -0.15) is 0 Å². The van der Waals surface area contributed by atoms with Crippen LogP contribution in [0.25, 0.3) is 0 Å². The van der Waals surface area contributed by atoms with E-state index in [4.69, 9.17) is 0 Å². The van der Waals surface area contributed by atoms with E-state index >= 15 is 0 Å². The van der Waals surface area contributed by atoms with Gasteiger partial charge < -0.3 is 6.33 Å². The van der Waals surface area contributed by atoms with Crippen molar-refractivity contribution in [2.75, 3.05) is 6.54 Å². The number of nitrogens with zero attached hydrogens (tertiary/aromatic N) is 1. The van der Waals surface area contributed by atoms with Crippen LogP contribution in [0.15, 0.2) is 30.3 Å². The number of hydrogen-bond donors (Lipinski definition) is 1. The number of nitrogens with one attached hydrogen (secondary N) is 1. The van der Waals surface area contributed by atoms with Crippen LogP contribution in [-0.4, -0.2) is 23.4 Å². The molecule has 0 atom stereocenters. The second kappa shape index (κ2) is 5.76. The van der Waals surface area contributed by atoms with Crippen LogP contribution in [-0.2, 0) is 11.3 Å². The third kappa shape index (κ3) is 3.39. The molecule has 5 heteroatoms. The molecule has 74 valence electrons. The van der Waals surface area contributed by atoms with Crippen LogP contribution in [0.1, 0.15) is 6.99 Å². The van der Waals surface area contributed by atoms with E-state index in [1.54, 1.807) is 0 Å². The minimum atomic E-state index is -0.307. The summed E-state index contributed by atoms with van der Waals surface area (Å²) < 4.78 is 0. The number of carbonyl (C=O) groups excluding carboxylic acids is 2. The van der Waals surface area contributed by atoms with Crippen LogP contribution in [0.4, 0.5) is 4.79 Å². The number of urea groups is 1. The molecule has 1 saturated heterocycles. The summed E-state index contributed by atoms with van der Waals surface area (Å²) in [7, 11) is 0. The van der Waals surface area contributed by atoms with Gasteiger partial charge in [0.15, 0.2) is 0 Å². The molecule has 0 bridgehead atoms. The smallest absolute Gasteiger partial charge is 1.00 e. The molecule has 1 N–H and O–H groups in total. The Morgan fingerprint density at radius 3 is 2.47 bits per heavy atom. The van der Waals surface area contributed by atoms with E-state index in [9.17, 15) is 9.59 Å². The number of imide groups is 1. The third-order valence-corrected chi connectivity index (χ3v) is 2.08. The summed E-state index contributed by atoms with van der Waals surface area (Å²) >= 11 is 0. The second-order valence-corrected chi connectivity index (χ2v) is 3.19. The van der Waals surface area contributed by atoms with E-state index in [2.05, 4.69) is 5.32 Å². The van der Waals surface area contributed by atoms with Crippen LogP contribution in [0, 0.1) is 0 Å². The summed E-state index contributed by atoms with van der Waals surface area (Å²) in [6.07, 6.45) is 0. The maximum atomic E-state index is 11.2. The number of hydrogen-bond acceptors (Lipinski definition) is 2. The van der Waals surface area contributed by atoms with Crippen LogP contribution >= 0.6 is 0 Å². The number of benzene rings is 1. The Hall–Kier alpha value is -0.204. The van der Waals surface area contributed by atoms with Crippen molar-refractivity contribution in [3.05, 3.63) is 35.9 Å². The third-order valence-electron chi connectivity index (χ3n) is 2.08. The van der Waals surface area contributed by atoms with Gasteiger partial charge >= 0.3 is 57.4 Å². The molecule has 1 heterocycles. The molecule has 15 heavy (non-hydrogen) atoms. The second-order valence-electron chi connectivity index (χ2n) is 3.19. The van der Waals surface area contributed by atoms with E-state index < -0.39 is 0 Å². The Morgan fingerprint density at radius 1 is 1.27 bits per heavy atom. The molecule has 0 aliphatic carbocycles. The van der Waals surface area contributed by atoms with Crippen LogP contribution in [0.3, 0.4) is 0 Å². The maximum Gasteiger partial charge on any atom is 1.00 e. The van der Waals surface area contributed by atoms with E-state index in [1.807, 2.05) is 30.3 Å². The molecule has 1 aromatic carbocycles. The molecular formula is C10H11KN2O2. The normalized spacial score (nSPS) is 14.8. The summed E-state index contributed by atoms with van der Waals surface area (Å²) in [5.41, 5.74) is 1.03. The molecular weight excluding hydrogens is 219 g/mol. The largest absolute Gasteiger partial charge is 1.00 e. The molecule has 0 radical (unpaired) electrons. The fraction of sp³-hybridized carbons (Fsp3) is 0.200. The van der Waals surface area contributed by atoms with Gasteiger partial charge in [0.1, 0.15) is 6.54 Å². The molecule has 2 rings (SSSR count). The Kier molecular flexibility index (Phi) is 4.94. The molecule has 3 amide bonds. The standard InChI is InChI=1S/C10H10N2O2.K.H/c13-9-7-12(10(14)11-9)6-8-4-2-1-3-5-8;;/h1-5H,6-7H2,(H,11,13,14);;/q;+1;-1. The zero-order valence-electron chi connectivity index (χ0n) is 9.56. The first-order chi connectivity index (χ1) is 6.75. The summed E-state index contributed by atoms with van der Waals surface area (Å²) in [6, 6.07) is 9.28. The summed E-state index contributed by atoms with van der Waals surface area (Å²) in [5, 5.41) is 2.24. The Morgan fingerprint density at radius 2 is 1.93 bits per heavy atom. The molecule has 1 aliphatic heterocycles. The first kappa shape index (κ1) is 12.9. The minimum absolute atomic E-state index is 0. The topological polar surface area (TPSA) is 49.4 Å². The van der Waals surface area contributed by atoms with Gasteiger partial charge in [-0.05, 0) is 5.56 Å². The SMILES string of the molecule is O=C1CN(Cc2ccccc2)C(=O)N1.[H-].[K+]. The van der Waals surface area contributed by atoms with Crippen molar-refractivity contribution in [3.8, 4) is 0 Å².